The predicted octanol–water partition coefficient (Wildman–Crippen LogP) is 4.95. The van der Waals surface area contributed by atoms with Gasteiger partial charge in [0.1, 0.15) is 11.5 Å². The normalized spacial score (nSPS) is 11.0. The molecule has 0 atom stereocenters. The maximum atomic E-state index is 14.0. The van der Waals surface area contributed by atoms with Gasteiger partial charge in [-0.1, -0.05) is 41.9 Å². The zero-order valence-electron chi connectivity index (χ0n) is 17.0. The molecule has 0 unspecified atom stereocenters. The lowest BCUT2D eigenvalue weighted by molar-refractivity contribution is -0.113. The first-order chi connectivity index (χ1) is 14.8. The minimum absolute atomic E-state index is 0.0363. The molecule has 2 N–H and O–H groups in total. The Bertz CT molecular complexity index is 1130. The summed E-state index contributed by atoms with van der Waals surface area (Å²) in [5.74, 6) is -1.97. The van der Waals surface area contributed by atoms with Gasteiger partial charge in [0.25, 0.3) is 11.8 Å². The topological polar surface area (TPSA) is 61.4 Å². The Hall–Kier alpha value is -3.64. The summed E-state index contributed by atoms with van der Waals surface area (Å²) >= 11 is 5.98. The lowest BCUT2D eigenvalue weighted by Crippen LogP contribution is -2.31. The number of halogens is 2. The Morgan fingerprint density at radius 2 is 1.68 bits per heavy atom. The molecule has 3 aromatic rings. The molecule has 0 saturated heterocycles. The second kappa shape index (κ2) is 9.91. The van der Waals surface area contributed by atoms with Gasteiger partial charge in [-0.3, -0.25) is 9.59 Å². The zero-order valence-corrected chi connectivity index (χ0v) is 17.8. The van der Waals surface area contributed by atoms with Crippen molar-refractivity contribution in [3.05, 3.63) is 100 Å². The Morgan fingerprint density at radius 3 is 2.32 bits per heavy atom. The van der Waals surface area contributed by atoms with Crippen molar-refractivity contribution in [2.45, 2.75) is 0 Å². The van der Waals surface area contributed by atoms with Crippen LogP contribution < -0.4 is 15.5 Å². The minimum atomic E-state index is -0.726. The molecule has 0 radical (unpaired) electrons. The van der Waals surface area contributed by atoms with E-state index in [1.807, 2.05) is 43.3 Å². The van der Waals surface area contributed by atoms with E-state index in [0.29, 0.717) is 16.3 Å². The molecule has 0 aliphatic rings. The van der Waals surface area contributed by atoms with Crippen LogP contribution in [0.5, 0.6) is 0 Å². The van der Waals surface area contributed by atoms with E-state index < -0.39 is 17.6 Å². The van der Waals surface area contributed by atoms with Crippen LogP contribution in [0, 0.1) is 5.82 Å². The first-order valence-corrected chi connectivity index (χ1v) is 9.83. The lowest BCUT2D eigenvalue weighted by Gasteiger charge is -2.13. The Morgan fingerprint density at radius 1 is 0.968 bits per heavy atom. The maximum Gasteiger partial charge on any atom is 0.272 e. The van der Waals surface area contributed by atoms with E-state index >= 15 is 0 Å². The lowest BCUT2D eigenvalue weighted by atomic mass is 10.1. The molecule has 0 fully saturated rings. The fraction of sp³-hybridized carbons (Fsp3) is 0.0833. The van der Waals surface area contributed by atoms with Crippen LogP contribution in [0.4, 0.5) is 15.8 Å². The number of nitrogens with one attached hydrogen (secondary N) is 2. The SMILES string of the molecule is CN(C)c1ccc(C=C(NC(=O)c2ccccc2F)C(=O)Nc2cccc(Cl)c2)cc1. The molecule has 31 heavy (non-hydrogen) atoms. The van der Waals surface area contributed by atoms with Crippen LogP contribution in [0.3, 0.4) is 0 Å². The van der Waals surface area contributed by atoms with Crippen molar-refractivity contribution in [3.8, 4) is 0 Å². The fourth-order valence-corrected chi connectivity index (χ4v) is 2.98. The molecule has 0 aliphatic carbocycles. The van der Waals surface area contributed by atoms with Crippen LogP contribution in [0.25, 0.3) is 6.08 Å². The van der Waals surface area contributed by atoms with Crippen molar-refractivity contribution in [1.82, 2.24) is 5.32 Å². The minimum Gasteiger partial charge on any atom is -0.378 e. The average molecular weight is 438 g/mol. The monoisotopic (exact) mass is 437 g/mol. The van der Waals surface area contributed by atoms with E-state index in [1.165, 1.54) is 24.3 Å². The third-order valence-electron chi connectivity index (χ3n) is 4.41. The quantitative estimate of drug-likeness (QED) is 0.536. The van der Waals surface area contributed by atoms with E-state index in [1.54, 1.807) is 30.3 Å². The van der Waals surface area contributed by atoms with E-state index in [-0.39, 0.29) is 11.3 Å². The number of amides is 2. The molecular weight excluding hydrogens is 417 g/mol. The molecule has 158 valence electrons. The molecular formula is C24H21ClFN3O2. The molecule has 0 bridgehead atoms. The second-order valence-corrected chi connectivity index (χ2v) is 7.38. The molecule has 3 aromatic carbocycles. The largest absolute Gasteiger partial charge is 0.378 e. The Balaban J connectivity index is 1.91. The van der Waals surface area contributed by atoms with Crippen molar-refractivity contribution < 1.29 is 14.0 Å². The molecule has 7 heteroatoms. The summed E-state index contributed by atoms with van der Waals surface area (Å²) in [5.41, 5.74) is 1.94. The summed E-state index contributed by atoms with van der Waals surface area (Å²) in [6, 6.07) is 19.6. The van der Waals surface area contributed by atoms with Crippen LogP contribution in [0.15, 0.2) is 78.5 Å². The van der Waals surface area contributed by atoms with Gasteiger partial charge in [-0.15, -0.1) is 0 Å². The number of hydrogen-bond donors (Lipinski definition) is 2. The van der Waals surface area contributed by atoms with Crippen LogP contribution in [0.2, 0.25) is 5.02 Å². The highest BCUT2D eigenvalue weighted by Gasteiger charge is 2.17. The molecule has 0 heterocycles. The van der Waals surface area contributed by atoms with Crippen LogP contribution >= 0.6 is 11.6 Å². The zero-order chi connectivity index (χ0) is 22.4. The van der Waals surface area contributed by atoms with Gasteiger partial charge < -0.3 is 15.5 Å². The summed E-state index contributed by atoms with van der Waals surface area (Å²) in [5, 5.41) is 5.67. The maximum absolute atomic E-state index is 14.0. The molecule has 5 nitrogen and oxygen atoms in total. The van der Waals surface area contributed by atoms with E-state index in [0.717, 1.165) is 5.69 Å². The number of anilines is 2. The molecule has 0 saturated carbocycles. The fourth-order valence-electron chi connectivity index (χ4n) is 2.79. The number of carbonyl (C=O) groups is 2. The van der Waals surface area contributed by atoms with Gasteiger partial charge in [0.2, 0.25) is 0 Å². The van der Waals surface area contributed by atoms with Crippen LogP contribution in [-0.4, -0.2) is 25.9 Å². The average Bonchev–Trinajstić information content (AvgIpc) is 2.74. The van der Waals surface area contributed by atoms with Crippen molar-refractivity contribution >= 4 is 40.9 Å². The molecule has 2 amide bonds. The van der Waals surface area contributed by atoms with E-state index in [2.05, 4.69) is 10.6 Å². The smallest absolute Gasteiger partial charge is 0.272 e. The third kappa shape index (κ3) is 5.93. The highest BCUT2D eigenvalue weighted by atomic mass is 35.5. The van der Waals surface area contributed by atoms with Gasteiger partial charge in [0, 0.05) is 30.5 Å². The van der Waals surface area contributed by atoms with E-state index in [9.17, 15) is 14.0 Å². The van der Waals surface area contributed by atoms with Gasteiger partial charge in [-0.2, -0.15) is 0 Å². The van der Waals surface area contributed by atoms with Crippen LogP contribution in [-0.2, 0) is 4.79 Å². The summed E-state index contributed by atoms with van der Waals surface area (Å²) in [7, 11) is 3.84. The number of nitrogens with zero attached hydrogens (tertiary/aromatic N) is 1. The molecule has 3 rings (SSSR count). The van der Waals surface area contributed by atoms with Gasteiger partial charge in [-0.05, 0) is 54.1 Å². The van der Waals surface area contributed by atoms with Gasteiger partial charge in [0.05, 0.1) is 5.56 Å². The number of benzene rings is 3. The van der Waals surface area contributed by atoms with Gasteiger partial charge in [-0.25, -0.2) is 4.39 Å². The Labute approximate surface area is 185 Å². The second-order valence-electron chi connectivity index (χ2n) is 6.94. The van der Waals surface area contributed by atoms with Crippen molar-refractivity contribution in [1.29, 1.82) is 0 Å². The van der Waals surface area contributed by atoms with Gasteiger partial charge in [0.15, 0.2) is 0 Å². The van der Waals surface area contributed by atoms with E-state index in [4.69, 9.17) is 11.6 Å². The molecule has 0 aliphatic heterocycles. The summed E-state index contributed by atoms with van der Waals surface area (Å²) in [6.45, 7) is 0. The van der Waals surface area contributed by atoms with Crippen LogP contribution in [0.1, 0.15) is 15.9 Å². The third-order valence-corrected chi connectivity index (χ3v) is 4.65. The van der Waals surface area contributed by atoms with Crippen molar-refractivity contribution in [3.63, 3.8) is 0 Å². The molecule has 0 spiro atoms. The first kappa shape index (κ1) is 22.1. The van der Waals surface area contributed by atoms with Gasteiger partial charge >= 0.3 is 0 Å². The molecule has 0 aromatic heterocycles. The standard InChI is InChI=1S/C24H21ClFN3O2/c1-29(2)19-12-10-16(11-13-19)14-22(24(31)27-18-7-5-6-17(25)15-18)28-23(30)20-8-3-4-9-21(20)26/h3-15H,1-2H3,(H,27,31)(H,28,30). The van der Waals surface area contributed by atoms with Crippen molar-refractivity contribution in [2.75, 3.05) is 24.3 Å². The first-order valence-electron chi connectivity index (χ1n) is 9.45. The Kier molecular flexibility index (Phi) is 7.05. The summed E-state index contributed by atoms with van der Waals surface area (Å²) in [4.78, 5) is 27.5. The predicted molar refractivity (Wildman–Crippen MR) is 123 cm³/mol. The highest BCUT2D eigenvalue weighted by Crippen LogP contribution is 2.18. The highest BCUT2D eigenvalue weighted by molar-refractivity contribution is 6.31. The summed E-state index contributed by atoms with van der Waals surface area (Å²) in [6.07, 6.45) is 1.53. The number of hydrogen-bond acceptors (Lipinski definition) is 3. The summed E-state index contributed by atoms with van der Waals surface area (Å²) < 4.78 is 14.0. The number of rotatable bonds is 6. The number of carbonyl (C=O) groups excluding carboxylic acids is 2. The van der Waals surface area contributed by atoms with Crippen molar-refractivity contribution in [2.24, 2.45) is 0 Å².